The molecule has 0 spiro atoms. The molecule has 7 heteroatoms. The van der Waals surface area contributed by atoms with Gasteiger partial charge in [-0.1, -0.05) is 48.0 Å². The number of allylic oxidation sites excluding steroid dienone is 1. The number of benzene rings is 2. The topological polar surface area (TPSA) is 74.8 Å². The van der Waals surface area contributed by atoms with E-state index in [1.807, 2.05) is 0 Å². The Morgan fingerprint density at radius 1 is 0.935 bits per heavy atom. The van der Waals surface area contributed by atoms with Crippen LogP contribution in [-0.2, 0) is 19.6 Å². The predicted octanol–water partition coefficient (Wildman–Crippen LogP) is 3.90. The van der Waals surface area contributed by atoms with Crippen LogP contribution in [0.5, 0.6) is 0 Å². The highest BCUT2D eigenvalue weighted by Crippen LogP contribution is 2.30. The molecule has 1 atom stereocenters. The third-order valence-corrected chi connectivity index (χ3v) is 7.80. The molecule has 4 rings (SSSR count). The maximum absolute atomic E-state index is 13.5. The Bertz CT molecular complexity index is 1080. The van der Waals surface area contributed by atoms with Gasteiger partial charge in [-0.15, -0.1) is 0 Å². The lowest BCUT2D eigenvalue weighted by Gasteiger charge is -2.27. The molecule has 0 radical (unpaired) electrons. The molecule has 0 saturated carbocycles. The number of hydrogen-bond acceptors (Lipinski definition) is 4. The van der Waals surface area contributed by atoms with Crippen LogP contribution in [0.4, 0.5) is 5.69 Å². The summed E-state index contributed by atoms with van der Waals surface area (Å²) in [6.45, 7) is 0.176. The van der Waals surface area contributed by atoms with E-state index in [0.717, 1.165) is 30.6 Å². The van der Waals surface area contributed by atoms with Crippen molar-refractivity contribution in [3.8, 4) is 0 Å². The third-order valence-electron chi connectivity index (χ3n) is 5.87. The summed E-state index contributed by atoms with van der Waals surface area (Å²) in [4.78, 5) is 27.3. The van der Waals surface area contributed by atoms with Crippen molar-refractivity contribution in [3.05, 3.63) is 72.3 Å². The fourth-order valence-corrected chi connectivity index (χ4v) is 5.85. The van der Waals surface area contributed by atoms with E-state index in [1.165, 1.54) is 22.0 Å². The molecule has 162 valence electrons. The van der Waals surface area contributed by atoms with Gasteiger partial charge in [0, 0.05) is 6.54 Å². The second-order valence-corrected chi connectivity index (χ2v) is 9.80. The van der Waals surface area contributed by atoms with Gasteiger partial charge in [0.1, 0.15) is 6.04 Å². The van der Waals surface area contributed by atoms with E-state index in [1.54, 1.807) is 48.5 Å². The Hall–Kier alpha value is -2.77. The number of carbonyl (C=O) groups is 2. The summed E-state index contributed by atoms with van der Waals surface area (Å²) in [7, 11) is -3.94. The lowest BCUT2D eigenvalue weighted by atomic mass is 9.97. The Balaban J connectivity index is 1.66. The minimum absolute atomic E-state index is 0.131. The normalized spacial score (nSPS) is 19.7. The average molecular weight is 439 g/mol. The maximum Gasteiger partial charge on any atom is 0.252 e. The Labute approximate surface area is 183 Å². The van der Waals surface area contributed by atoms with Crippen molar-refractivity contribution in [3.63, 3.8) is 0 Å². The van der Waals surface area contributed by atoms with Crippen molar-refractivity contribution >= 4 is 27.5 Å². The van der Waals surface area contributed by atoms with Gasteiger partial charge >= 0.3 is 0 Å². The van der Waals surface area contributed by atoms with E-state index >= 15 is 0 Å². The molecule has 6 nitrogen and oxygen atoms in total. The molecule has 1 aliphatic heterocycles. The van der Waals surface area contributed by atoms with Crippen molar-refractivity contribution in [1.29, 1.82) is 0 Å². The number of imide groups is 1. The third kappa shape index (κ3) is 4.48. The minimum atomic E-state index is -3.94. The van der Waals surface area contributed by atoms with Gasteiger partial charge in [0.25, 0.3) is 5.91 Å². The highest BCUT2D eigenvalue weighted by molar-refractivity contribution is 7.89. The number of amides is 2. The first-order valence-electron chi connectivity index (χ1n) is 10.6. The molecule has 2 aromatic rings. The van der Waals surface area contributed by atoms with Crippen molar-refractivity contribution in [1.82, 2.24) is 4.31 Å². The zero-order valence-corrected chi connectivity index (χ0v) is 18.1. The first-order chi connectivity index (χ1) is 15.0. The van der Waals surface area contributed by atoms with Crippen molar-refractivity contribution in [2.24, 2.45) is 0 Å². The maximum atomic E-state index is 13.5. The van der Waals surface area contributed by atoms with Crippen LogP contribution >= 0.6 is 0 Å². The van der Waals surface area contributed by atoms with Crippen molar-refractivity contribution < 1.29 is 18.0 Å². The second kappa shape index (κ2) is 9.16. The quantitative estimate of drug-likeness (QED) is 0.485. The Morgan fingerprint density at radius 3 is 2.26 bits per heavy atom. The summed E-state index contributed by atoms with van der Waals surface area (Å²) in [6, 6.07) is 15.7. The number of rotatable bonds is 7. The molecule has 1 aliphatic carbocycles. The predicted molar refractivity (Wildman–Crippen MR) is 119 cm³/mol. The zero-order chi connectivity index (χ0) is 21.8. The van der Waals surface area contributed by atoms with Gasteiger partial charge in [-0.25, -0.2) is 13.3 Å². The SMILES string of the molecule is O=C1CC(N(CCC2=CCCCC2)S(=O)(=O)c2ccccc2)C(=O)N1c1ccccc1. The highest BCUT2D eigenvalue weighted by atomic mass is 32.2. The smallest absolute Gasteiger partial charge is 0.252 e. The highest BCUT2D eigenvalue weighted by Gasteiger charge is 2.46. The molecule has 2 aliphatic rings. The monoisotopic (exact) mass is 438 g/mol. The molecule has 2 aromatic carbocycles. The van der Waals surface area contributed by atoms with Crippen LogP contribution in [0.15, 0.2) is 77.2 Å². The number of nitrogens with zero attached hydrogens (tertiary/aromatic N) is 2. The van der Waals surface area contributed by atoms with E-state index in [0.29, 0.717) is 12.1 Å². The molecular weight excluding hydrogens is 412 g/mol. The molecule has 0 N–H and O–H groups in total. The zero-order valence-electron chi connectivity index (χ0n) is 17.3. The average Bonchev–Trinajstić information content (AvgIpc) is 3.09. The molecule has 1 unspecified atom stereocenters. The van der Waals surface area contributed by atoms with Gasteiger partial charge in [0.05, 0.1) is 17.0 Å². The fourth-order valence-electron chi connectivity index (χ4n) is 4.25. The lowest BCUT2D eigenvalue weighted by Crippen LogP contribution is -2.46. The summed E-state index contributed by atoms with van der Waals surface area (Å²) >= 11 is 0. The standard InChI is InChI=1S/C24H26N2O4S/c27-23-18-22(24(28)26(23)20-12-6-2-7-13-20)25(17-16-19-10-4-1-5-11-19)31(29,30)21-14-8-3-9-15-21/h2-3,6-10,12-15,22H,1,4-5,11,16-18H2. The molecule has 1 saturated heterocycles. The van der Waals surface area contributed by atoms with Crippen LogP contribution < -0.4 is 4.90 Å². The summed E-state index contributed by atoms with van der Waals surface area (Å²) in [5, 5.41) is 0. The largest absolute Gasteiger partial charge is 0.274 e. The fraction of sp³-hybridized carbons (Fsp3) is 0.333. The van der Waals surface area contributed by atoms with Gasteiger partial charge in [-0.3, -0.25) is 9.59 Å². The number of carbonyl (C=O) groups excluding carboxylic acids is 2. The molecule has 1 heterocycles. The van der Waals surface area contributed by atoms with Crippen LogP contribution in [0.1, 0.15) is 38.5 Å². The van der Waals surface area contributed by atoms with Crippen LogP contribution in [0.3, 0.4) is 0 Å². The molecule has 1 fully saturated rings. The summed E-state index contributed by atoms with van der Waals surface area (Å²) in [5.74, 6) is -0.875. The van der Waals surface area contributed by atoms with Gasteiger partial charge < -0.3 is 0 Å². The first kappa shape index (κ1) is 21.5. The van der Waals surface area contributed by atoms with Crippen molar-refractivity contribution in [2.75, 3.05) is 11.4 Å². The number of anilines is 1. The van der Waals surface area contributed by atoms with Crippen LogP contribution in [0.2, 0.25) is 0 Å². The number of para-hydroxylation sites is 1. The number of hydrogen-bond donors (Lipinski definition) is 0. The lowest BCUT2D eigenvalue weighted by molar-refractivity contribution is -0.122. The molecule has 0 bridgehead atoms. The summed E-state index contributed by atoms with van der Waals surface area (Å²) in [5.41, 5.74) is 1.68. The number of sulfonamides is 1. The van der Waals surface area contributed by atoms with E-state index in [-0.39, 0.29) is 23.8 Å². The van der Waals surface area contributed by atoms with Gasteiger partial charge in [0.2, 0.25) is 15.9 Å². The first-order valence-corrected chi connectivity index (χ1v) is 12.1. The van der Waals surface area contributed by atoms with E-state index in [2.05, 4.69) is 6.08 Å². The molecule has 2 amide bonds. The van der Waals surface area contributed by atoms with Gasteiger partial charge in [-0.05, 0) is 56.4 Å². The van der Waals surface area contributed by atoms with Crippen molar-refractivity contribution in [2.45, 2.75) is 49.5 Å². The summed E-state index contributed by atoms with van der Waals surface area (Å²) in [6.07, 6.45) is 6.79. The van der Waals surface area contributed by atoms with Gasteiger partial charge in [-0.2, -0.15) is 4.31 Å². The summed E-state index contributed by atoms with van der Waals surface area (Å²) < 4.78 is 28.3. The van der Waals surface area contributed by atoms with E-state index in [9.17, 15) is 18.0 Å². The van der Waals surface area contributed by atoms with Crippen LogP contribution in [0, 0.1) is 0 Å². The minimum Gasteiger partial charge on any atom is -0.274 e. The van der Waals surface area contributed by atoms with E-state index < -0.39 is 22.0 Å². The molecule has 31 heavy (non-hydrogen) atoms. The van der Waals surface area contributed by atoms with Gasteiger partial charge in [0.15, 0.2) is 0 Å². The van der Waals surface area contributed by atoms with E-state index in [4.69, 9.17) is 0 Å². The Morgan fingerprint density at radius 2 is 1.61 bits per heavy atom. The molecular formula is C24H26N2O4S. The molecule has 0 aromatic heterocycles. The van der Waals surface area contributed by atoms with Crippen LogP contribution in [0.25, 0.3) is 0 Å². The second-order valence-electron chi connectivity index (χ2n) is 7.91. The Kier molecular flexibility index (Phi) is 6.34. The van der Waals surface area contributed by atoms with Crippen LogP contribution in [-0.4, -0.2) is 37.1 Å².